The standard InChI is InChI=1S/C14H22N2O/c1-5-11(6-2)16-13-9-7-8-12(10(13)3)14(17)15-4/h7-9,11,16H,5-6H2,1-4H3,(H,15,17). The first-order valence-corrected chi connectivity index (χ1v) is 6.22. The van der Waals surface area contributed by atoms with Gasteiger partial charge < -0.3 is 10.6 Å². The number of anilines is 1. The number of carbonyl (C=O) groups is 1. The largest absolute Gasteiger partial charge is 0.382 e. The van der Waals surface area contributed by atoms with Gasteiger partial charge in [0.1, 0.15) is 0 Å². The molecule has 3 nitrogen and oxygen atoms in total. The Labute approximate surface area is 104 Å². The van der Waals surface area contributed by atoms with Crippen molar-refractivity contribution in [3.63, 3.8) is 0 Å². The lowest BCUT2D eigenvalue weighted by Gasteiger charge is -2.19. The summed E-state index contributed by atoms with van der Waals surface area (Å²) in [5.41, 5.74) is 2.81. The smallest absolute Gasteiger partial charge is 0.251 e. The van der Waals surface area contributed by atoms with Gasteiger partial charge in [-0.05, 0) is 37.5 Å². The molecule has 0 aliphatic rings. The number of rotatable bonds is 5. The Morgan fingerprint density at radius 2 is 1.94 bits per heavy atom. The summed E-state index contributed by atoms with van der Waals surface area (Å²) in [5.74, 6) is -0.0318. The molecule has 3 heteroatoms. The SMILES string of the molecule is CCC(CC)Nc1cccc(C(=O)NC)c1C. The molecule has 0 radical (unpaired) electrons. The zero-order valence-electron chi connectivity index (χ0n) is 11.1. The van der Waals surface area contributed by atoms with Crippen molar-refractivity contribution in [1.29, 1.82) is 0 Å². The minimum atomic E-state index is -0.0318. The Morgan fingerprint density at radius 1 is 1.29 bits per heavy atom. The Kier molecular flexibility index (Phi) is 5.01. The average Bonchev–Trinajstić information content (AvgIpc) is 2.36. The van der Waals surface area contributed by atoms with Crippen molar-refractivity contribution >= 4 is 11.6 Å². The molecule has 1 amide bonds. The van der Waals surface area contributed by atoms with E-state index < -0.39 is 0 Å². The van der Waals surface area contributed by atoms with Gasteiger partial charge in [-0.2, -0.15) is 0 Å². The van der Waals surface area contributed by atoms with E-state index in [2.05, 4.69) is 24.5 Å². The van der Waals surface area contributed by atoms with Crippen molar-refractivity contribution < 1.29 is 4.79 Å². The molecule has 1 aromatic rings. The van der Waals surface area contributed by atoms with Crippen LogP contribution in [0.25, 0.3) is 0 Å². The maximum atomic E-state index is 11.7. The average molecular weight is 234 g/mol. The number of carbonyl (C=O) groups excluding carboxylic acids is 1. The molecule has 0 aliphatic heterocycles. The second-order valence-electron chi connectivity index (χ2n) is 4.22. The maximum Gasteiger partial charge on any atom is 0.251 e. The fourth-order valence-corrected chi connectivity index (χ4v) is 1.89. The van der Waals surface area contributed by atoms with Crippen LogP contribution in [-0.2, 0) is 0 Å². The van der Waals surface area contributed by atoms with Gasteiger partial charge in [-0.25, -0.2) is 0 Å². The van der Waals surface area contributed by atoms with Crippen molar-refractivity contribution in [1.82, 2.24) is 5.32 Å². The lowest BCUT2D eigenvalue weighted by molar-refractivity contribution is 0.0962. The minimum Gasteiger partial charge on any atom is -0.382 e. The first-order valence-electron chi connectivity index (χ1n) is 6.22. The van der Waals surface area contributed by atoms with Gasteiger partial charge in [-0.15, -0.1) is 0 Å². The lowest BCUT2D eigenvalue weighted by atomic mass is 10.0. The monoisotopic (exact) mass is 234 g/mol. The van der Waals surface area contributed by atoms with E-state index in [1.165, 1.54) is 0 Å². The molecule has 0 heterocycles. The van der Waals surface area contributed by atoms with E-state index in [1.54, 1.807) is 7.05 Å². The highest BCUT2D eigenvalue weighted by Crippen LogP contribution is 2.20. The zero-order chi connectivity index (χ0) is 12.8. The molecule has 0 aromatic heterocycles. The van der Waals surface area contributed by atoms with Crippen LogP contribution in [0, 0.1) is 6.92 Å². The van der Waals surface area contributed by atoms with E-state index in [0.29, 0.717) is 6.04 Å². The van der Waals surface area contributed by atoms with Crippen LogP contribution in [0.5, 0.6) is 0 Å². The van der Waals surface area contributed by atoms with Gasteiger partial charge in [0.15, 0.2) is 0 Å². The Balaban J connectivity index is 2.97. The molecule has 0 fully saturated rings. The Bertz CT molecular complexity index is 384. The van der Waals surface area contributed by atoms with E-state index in [0.717, 1.165) is 29.7 Å². The summed E-state index contributed by atoms with van der Waals surface area (Å²) in [5, 5.41) is 6.15. The van der Waals surface area contributed by atoms with Crippen molar-refractivity contribution in [2.45, 2.75) is 39.7 Å². The third-order valence-electron chi connectivity index (χ3n) is 3.15. The van der Waals surface area contributed by atoms with E-state index in [9.17, 15) is 4.79 Å². The number of nitrogens with one attached hydrogen (secondary N) is 2. The molecule has 0 saturated carbocycles. The van der Waals surface area contributed by atoms with E-state index >= 15 is 0 Å². The van der Waals surface area contributed by atoms with E-state index in [1.807, 2.05) is 25.1 Å². The molecule has 1 rings (SSSR count). The summed E-state index contributed by atoms with van der Waals surface area (Å²) in [4.78, 5) is 11.7. The van der Waals surface area contributed by atoms with Crippen molar-refractivity contribution in [2.24, 2.45) is 0 Å². The highest BCUT2D eigenvalue weighted by Gasteiger charge is 2.11. The molecule has 94 valence electrons. The van der Waals surface area contributed by atoms with Crippen LogP contribution < -0.4 is 10.6 Å². The zero-order valence-corrected chi connectivity index (χ0v) is 11.1. The fraction of sp³-hybridized carbons (Fsp3) is 0.500. The Morgan fingerprint density at radius 3 is 2.47 bits per heavy atom. The molecule has 0 bridgehead atoms. The number of hydrogen-bond donors (Lipinski definition) is 2. The summed E-state index contributed by atoms with van der Waals surface area (Å²) in [6.45, 7) is 6.31. The second kappa shape index (κ2) is 6.28. The molecule has 0 spiro atoms. The van der Waals surface area contributed by atoms with Gasteiger partial charge in [-0.1, -0.05) is 19.9 Å². The van der Waals surface area contributed by atoms with Crippen LogP contribution in [0.3, 0.4) is 0 Å². The highest BCUT2D eigenvalue weighted by atomic mass is 16.1. The highest BCUT2D eigenvalue weighted by molar-refractivity contribution is 5.96. The Hall–Kier alpha value is -1.51. The van der Waals surface area contributed by atoms with Crippen molar-refractivity contribution in [3.05, 3.63) is 29.3 Å². The summed E-state index contributed by atoms with van der Waals surface area (Å²) >= 11 is 0. The third kappa shape index (κ3) is 3.22. The fourth-order valence-electron chi connectivity index (χ4n) is 1.89. The van der Waals surface area contributed by atoms with Crippen LogP contribution in [-0.4, -0.2) is 19.0 Å². The predicted octanol–water partition coefficient (Wildman–Crippen LogP) is 2.96. The van der Waals surface area contributed by atoms with Gasteiger partial charge in [-0.3, -0.25) is 4.79 Å². The predicted molar refractivity (Wildman–Crippen MR) is 72.6 cm³/mol. The molecule has 1 aromatic carbocycles. The molecule has 0 atom stereocenters. The normalized spacial score (nSPS) is 10.4. The van der Waals surface area contributed by atoms with Crippen LogP contribution in [0.2, 0.25) is 0 Å². The van der Waals surface area contributed by atoms with Crippen LogP contribution in [0.15, 0.2) is 18.2 Å². The summed E-state index contributed by atoms with van der Waals surface area (Å²) < 4.78 is 0. The van der Waals surface area contributed by atoms with Gasteiger partial charge in [0.2, 0.25) is 0 Å². The van der Waals surface area contributed by atoms with E-state index in [4.69, 9.17) is 0 Å². The second-order valence-corrected chi connectivity index (χ2v) is 4.22. The summed E-state index contributed by atoms with van der Waals surface area (Å²) in [6, 6.07) is 6.27. The topological polar surface area (TPSA) is 41.1 Å². The maximum absolute atomic E-state index is 11.7. The van der Waals surface area contributed by atoms with E-state index in [-0.39, 0.29) is 5.91 Å². The molecule has 0 unspecified atom stereocenters. The van der Waals surface area contributed by atoms with Crippen LogP contribution in [0.4, 0.5) is 5.69 Å². The molecule has 2 N–H and O–H groups in total. The van der Waals surface area contributed by atoms with Gasteiger partial charge >= 0.3 is 0 Å². The molecular weight excluding hydrogens is 212 g/mol. The molecule has 17 heavy (non-hydrogen) atoms. The first kappa shape index (κ1) is 13.6. The lowest BCUT2D eigenvalue weighted by Crippen LogP contribution is -2.21. The van der Waals surface area contributed by atoms with Crippen molar-refractivity contribution in [3.8, 4) is 0 Å². The number of benzene rings is 1. The number of hydrogen-bond acceptors (Lipinski definition) is 2. The first-order chi connectivity index (χ1) is 8.13. The molecule has 0 saturated heterocycles. The quantitative estimate of drug-likeness (QED) is 0.822. The van der Waals surface area contributed by atoms with Crippen LogP contribution >= 0.6 is 0 Å². The van der Waals surface area contributed by atoms with Gasteiger partial charge in [0, 0.05) is 24.3 Å². The van der Waals surface area contributed by atoms with Gasteiger partial charge in [0.05, 0.1) is 0 Å². The van der Waals surface area contributed by atoms with Crippen LogP contribution in [0.1, 0.15) is 42.6 Å². The minimum absolute atomic E-state index is 0.0318. The summed E-state index contributed by atoms with van der Waals surface area (Å²) in [7, 11) is 1.66. The third-order valence-corrected chi connectivity index (χ3v) is 3.15. The van der Waals surface area contributed by atoms with Gasteiger partial charge in [0.25, 0.3) is 5.91 Å². The number of amides is 1. The summed E-state index contributed by atoms with van der Waals surface area (Å²) in [6.07, 6.45) is 2.17. The molecular formula is C14H22N2O. The molecule has 0 aliphatic carbocycles. The van der Waals surface area contributed by atoms with Crippen molar-refractivity contribution in [2.75, 3.05) is 12.4 Å².